The number of para-hydroxylation sites is 1. The van der Waals surface area contributed by atoms with Gasteiger partial charge in [0.15, 0.2) is 16.8 Å². The van der Waals surface area contributed by atoms with E-state index in [9.17, 15) is 29.4 Å². The molecule has 17 heteroatoms. The number of rotatable bonds is 24. The standard InChI is InChI=1S/C47H53N5O12/c48-43-36-8-3-4-9-38(36)51(42(56)10-5-19-53)31-34-6-1-2-7-35(34)44(43)52(49)18-21-60-23-25-62-27-29-63-28-26-61-24-22-59-20-17-50-47(58)33-13-11-32(12-14-33)41-30-40(55)37-15-16-39(54)45(57)46(37)64-41/h1-4,6-9,11-16,19,30,54,57H,5,10,17-18,20-29,31,48-49H2,(H,50,58)/b44-43-. The Bertz CT molecular complexity index is 2460. The van der Waals surface area contributed by atoms with E-state index in [0.717, 1.165) is 17.4 Å². The lowest BCUT2D eigenvalue weighted by atomic mass is 9.95. The molecule has 0 radical (unpaired) electrons. The Balaban J connectivity index is 0.793. The van der Waals surface area contributed by atoms with Crippen LogP contribution in [0.5, 0.6) is 11.5 Å². The summed E-state index contributed by atoms with van der Waals surface area (Å²) < 4.78 is 33.7. The van der Waals surface area contributed by atoms with Crippen LogP contribution in [-0.2, 0) is 39.8 Å². The van der Waals surface area contributed by atoms with Gasteiger partial charge in [-0.1, -0.05) is 54.6 Å². The predicted molar refractivity (Wildman–Crippen MR) is 239 cm³/mol. The first-order chi connectivity index (χ1) is 31.2. The minimum Gasteiger partial charge on any atom is -0.504 e. The summed E-state index contributed by atoms with van der Waals surface area (Å²) in [6.45, 7) is 4.53. The van der Waals surface area contributed by atoms with Gasteiger partial charge in [0.1, 0.15) is 12.0 Å². The van der Waals surface area contributed by atoms with Gasteiger partial charge in [0, 0.05) is 47.7 Å². The van der Waals surface area contributed by atoms with Crippen LogP contribution in [0.25, 0.3) is 33.7 Å². The van der Waals surface area contributed by atoms with Crippen molar-refractivity contribution >= 4 is 46.2 Å². The lowest BCUT2D eigenvalue weighted by Gasteiger charge is -2.32. The Morgan fingerprint density at radius 3 is 2.06 bits per heavy atom. The second-order valence-electron chi connectivity index (χ2n) is 14.5. The summed E-state index contributed by atoms with van der Waals surface area (Å²) in [6.07, 6.45) is 0.980. The molecule has 4 aromatic carbocycles. The van der Waals surface area contributed by atoms with Crippen molar-refractivity contribution in [3.05, 3.63) is 123 Å². The van der Waals surface area contributed by atoms with Crippen LogP contribution >= 0.6 is 0 Å². The third kappa shape index (κ3) is 12.3. The first-order valence-corrected chi connectivity index (χ1v) is 20.9. The third-order valence-electron chi connectivity index (χ3n) is 10.2. The second-order valence-corrected chi connectivity index (χ2v) is 14.5. The molecule has 2 amide bonds. The number of aromatic hydroxyl groups is 2. The molecule has 0 aliphatic carbocycles. The number of benzene rings is 4. The highest BCUT2D eigenvalue weighted by atomic mass is 16.6. The highest BCUT2D eigenvalue weighted by molar-refractivity contribution is 6.01. The molecule has 5 aromatic rings. The highest BCUT2D eigenvalue weighted by Crippen LogP contribution is 2.37. The summed E-state index contributed by atoms with van der Waals surface area (Å²) in [5.74, 6) is 5.41. The van der Waals surface area contributed by atoms with Gasteiger partial charge < -0.3 is 64.1 Å². The van der Waals surface area contributed by atoms with E-state index in [0.29, 0.717) is 113 Å². The summed E-state index contributed by atoms with van der Waals surface area (Å²) in [5.41, 5.74) is 11.3. The van der Waals surface area contributed by atoms with E-state index in [4.69, 9.17) is 39.7 Å². The maximum atomic E-state index is 13.2. The fourth-order valence-electron chi connectivity index (χ4n) is 6.92. The maximum Gasteiger partial charge on any atom is 0.251 e. The van der Waals surface area contributed by atoms with Gasteiger partial charge in [-0.25, -0.2) is 5.84 Å². The SMILES string of the molecule is N/C1=C(\N(N)CCOCCOCCOCCOCCOCCNC(=O)c2ccc(-c3cc(=O)c4ccc(O)c(O)c4o3)cc2)c2ccccc2CN(C(=O)CCC=O)c2ccccc21. The van der Waals surface area contributed by atoms with Gasteiger partial charge in [0.25, 0.3) is 5.91 Å². The van der Waals surface area contributed by atoms with E-state index < -0.39 is 11.5 Å². The average molecular weight is 880 g/mol. The molecular weight excluding hydrogens is 827 g/mol. The topological polar surface area (TPSA) is 239 Å². The van der Waals surface area contributed by atoms with Crippen molar-refractivity contribution in [2.75, 3.05) is 84.1 Å². The Labute approximate surface area is 369 Å². The average Bonchev–Trinajstić information content (AvgIpc) is 3.30. The van der Waals surface area contributed by atoms with Crippen molar-refractivity contribution in [3.8, 4) is 22.8 Å². The van der Waals surface area contributed by atoms with Gasteiger partial charge in [-0.3, -0.25) is 14.4 Å². The zero-order valence-corrected chi connectivity index (χ0v) is 35.4. The molecule has 1 aliphatic heterocycles. The van der Waals surface area contributed by atoms with E-state index in [1.165, 1.54) is 18.2 Å². The Hall–Kier alpha value is -6.60. The maximum absolute atomic E-state index is 13.2. The number of nitrogens with two attached hydrogens (primary N) is 2. The summed E-state index contributed by atoms with van der Waals surface area (Å²) >= 11 is 0. The molecule has 17 nitrogen and oxygen atoms in total. The smallest absolute Gasteiger partial charge is 0.251 e. The van der Waals surface area contributed by atoms with E-state index in [-0.39, 0.29) is 53.4 Å². The molecule has 2 heterocycles. The predicted octanol–water partition coefficient (Wildman–Crippen LogP) is 4.17. The Kier molecular flexibility index (Phi) is 17.4. The summed E-state index contributed by atoms with van der Waals surface area (Å²) in [7, 11) is 0. The van der Waals surface area contributed by atoms with Crippen LogP contribution in [0.15, 0.2) is 100 Å². The zero-order valence-electron chi connectivity index (χ0n) is 35.4. The number of amides is 2. The quantitative estimate of drug-likeness (QED) is 0.0192. The van der Waals surface area contributed by atoms with E-state index in [1.54, 1.807) is 34.2 Å². The molecule has 64 heavy (non-hydrogen) atoms. The minimum absolute atomic E-state index is 0.0972. The van der Waals surface area contributed by atoms with Crippen molar-refractivity contribution in [1.29, 1.82) is 0 Å². The number of carbonyl (C=O) groups excluding carboxylic acids is 3. The highest BCUT2D eigenvalue weighted by Gasteiger charge is 2.27. The number of carbonyl (C=O) groups is 3. The molecule has 0 bridgehead atoms. The van der Waals surface area contributed by atoms with Crippen LogP contribution < -0.4 is 27.2 Å². The number of fused-ring (bicyclic) bond motifs is 3. The van der Waals surface area contributed by atoms with Gasteiger partial charge in [0.2, 0.25) is 11.7 Å². The number of hydrazine groups is 1. The second kappa shape index (κ2) is 23.7. The van der Waals surface area contributed by atoms with Crippen molar-refractivity contribution in [2.24, 2.45) is 11.6 Å². The van der Waals surface area contributed by atoms with Crippen LogP contribution in [0.2, 0.25) is 0 Å². The monoisotopic (exact) mass is 879 g/mol. The number of nitrogens with zero attached hydrogens (tertiary/aromatic N) is 2. The lowest BCUT2D eigenvalue weighted by Crippen LogP contribution is -2.37. The van der Waals surface area contributed by atoms with Crippen molar-refractivity contribution in [2.45, 2.75) is 19.4 Å². The number of anilines is 1. The van der Waals surface area contributed by atoms with Crippen LogP contribution in [0.3, 0.4) is 0 Å². The lowest BCUT2D eigenvalue weighted by molar-refractivity contribution is -0.120. The normalized spacial score (nSPS) is 13.5. The summed E-state index contributed by atoms with van der Waals surface area (Å²) in [5, 5.41) is 24.4. The molecule has 0 atom stereocenters. The molecule has 0 saturated heterocycles. The van der Waals surface area contributed by atoms with Crippen LogP contribution in [0, 0.1) is 0 Å². The molecule has 338 valence electrons. The number of hydrogen-bond donors (Lipinski definition) is 5. The van der Waals surface area contributed by atoms with Crippen molar-refractivity contribution in [3.63, 3.8) is 0 Å². The van der Waals surface area contributed by atoms with Gasteiger partial charge in [-0.15, -0.1) is 0 Å². The molecule has 1 aromatic heterocycles. The van der Waals surface area contributed by atoms with Gasteiger partial charge in [-0.05, 0) is 35.9 Å². The van der Waals surface area contributed by atoms with E-state index in [1.807, 2.05) is 48.5 Å². The fraction of sp³-hybridized carbons (Fsp3) is 0.319. The fourth-order valence-corrected chi connectivity index (χ4v) is 6.92. The molecular formula is C47H53N5O12. The number of aldehydes is 1. The van der Waals surface area contributed by atoms with Gasteiger partial charge in [0.05, 0.1) is 102 Å². The van der Waals surface area contributed by atoms with Crippen LogP contribution in [0.1, 0.15) is 39.9 Å². The first-order valence-electron chi connectivity index (χ1n) is 20.9. The minimum atomic E-state index is -0.519. The van der Waals surface area contributed by atoms with Crippen LogP contribution in [-0.4, -0.2) is 112 Å². The summed E-state index contributed by atoms with van der Waals surface area (Å²) in [4.78, 5) is 51.0. The molecule has 0 fully saturated rings. The summed E-state index contributed by atoms with van der Waals surface area (Å²) in [6, 6.07) is 25.4. The Morgan fingerprint density at radius 1 is 0.781 bits per heavy atom. The van der Waals surface area contributed by atoms with E-state index >= 15 is 0 Å². The Morgan fingerprint density at radius 2 is 1.39 bits per heavy atom. The largest absolute Gasteiger partial charge is 0.504 e. The van der Waals surface area contributed by atoms with E-state index in [2.05, 4.69) is 5.32 Å². The third-order valence-corrected chi connectivity index (χ3v) is 10.2. The molecule has 0 unspecified atom stereocenters. The van der Waals surface area contributed by atoms with Gasteiger partial charge in [-0.2, -0.15) is 0 Å². The van der Waals surface area contributed by atoms with Gasteiger partial charge >= 0.3 is 0 Å². The van der Waals surface area contributed by atoms with Crippen molar-refractivity contribution in [1.82, 2.24) is 10.3 Å². The molecule has 7 N–H and O–H groups in total. The molecule has 1 aliphatic rings. The first kappa shape index (κ1) is 46.9. The number of phenols is 2. The molecule has 0 spiro atoms. The van der Waals surface area contributed by atoms with Crippen molar-refractivity contribution < 1.29 is 52.7 Å². The number of phenolic OH excluding ortho intramolecular Hbond substituents is 2. The number of ether oxygens (including phenoxy) is 5. The molecule has 0 saturated carbocycles. The van der Waals surface area contributed by atoms with Crippen LogP contribution in [0.4, 0.5) is 5.69 Å². The zero-order chi connectivity index (χ0) is 45.3. The molecule has 6 rings (SSSR count). The number of hydrogen-bond acceptors (Lipinski definition) is 15. The number of nitrogens with one attached hydrogen (secondary N) is 1.